The molecule has 0 heterocycles. The van der Waals surface area contributed by atoms with Crippen LogP contribution in [0, 0.1) is 6.92 Å². The lowest BCUT2D eigenvalue weighted by Gasteiger charge is -2.09. The Morgan fingerprint density at radius 1 is 1.00 bits per heavy atom. The molecule has 0 spiro atoms. The van der Waals surface area contributed by atoms with Crippen molar-refractivity contribution < 1.29 is 12.6 Å². The van der Waals surface area contributed by atoms with Crippen LogP contribution in [0.3, 0.4) is 0 Å². The lowest BCUT2D eigenvalue weighted by molar-refractivity contribution is 0.485. The minimum atomic E-state index is -3.84. The molecule has 0 aromatic heterocycles. The van der Waals surface area contributed by atoms with Crippen molar-refractivity contribution >= 4 is 42.0 Å². The van der Waals surface area contributed by atoms with Gasteiger partial charge in [-0.05, 0) is 53.2 Å². The third-order valence-electron chi connectivity index (χ3n) is 2.39. The summed E-state index contributed by atoms with van der Waals surface area (Å²) in [6, 6.07) is 11.6. The quantitative estimate of drug-likeness (QED) is 0.715. The molecular weight excluding hydrogens is 396 g/mol. The fourth-order valence-corrected chi connectivity index (χ4v) is 4.07. The molecule has 0 radical (unpaired) electrons. The van der Waals surface area contributed by atoms with Gasteiger partial charge in [-0.3, -0.25) is 0 Å². The van der Waals surface area contributed by atoms with Gasteiger partial charge in [0, 0.05) is 8.95 Å². The van der Waals surface area contributed by atoms with E-state index in [-0.39, 0.29) is 4.90 Å². The van der Waals surface area contributed by atoms with Crippen molar-refractivity contribution in [2.24, 2.45) is 0 Å². The maximum atomic E-state index is 12.2. The van der Waals surface area contributed by atoms with Crippen LogP contribution in [-0.4, -0.2) is 8.42 Å². The van der Waals surface area contributed by atoms with Crippen molar-refractivity contribution in [3.8, 4) is 5.75 Å². The van der Waals surface area contributed by atoms with Gasteiger partial charge >= 0.3 is 10.1 Å². The second-order valence-corrected chi connectivity index (χ2v) is 7.21. The van der Waals surface area contributed by atoms with Crippen LogP contribution in [-0.2, 0) is 10.1 Å². The van der Waals surface area contributed by atoms with Gasteiger partial charge in [-0.2, -0.15) is 8.42 Å². The molecule has 0 atom stereocenters. The molecule has 0 aliphatic heterocycles. The van der Waals surface area contributed by atoms with Gasteiger partial charge < -0.3 is 4.18 Å². The number of aryl methyl sites for hydroxylation is 1. The summed E-state index contributed by atoms with van der Waals surface area (Å²) in [6.45, 7) is 1.92. The second-order valence-electron chi connectivity index (χ2n) is 3.93. The summed E-state index contributed by atoms with van der Waals surface area (Å²) in [4.78, 5) is 0.0938. The molecule has 0 fully saturated rings. The zero-order valence-corrected chi connectivity index (χ0v) is 13.9. The molecule has 2 aromatic carbocycles. The van der Waals surface area contributed by atoms with Gasteiger partial charge in [0.05, 0.1) is 0 Å². The van der Waals surface area contributed by atoms with E-state index in [0.29, 0.717) is 10.2 Å². The van der Waals surface area contributed by atoms with Crippen molar-refractivity contribution in [1.82, 2.24) is 0 Å². The molecule has 0 aliphatic carbocycles. The molecule has 0 unspecified atom stereocenters. The summed E-state index contributed by atoms with van der Waals surface area (Å²) in [7, 11) is -3.84. The highest BCUT2D eigenvalue weighted by molar-refractivity contribution is 9.11. The van der Waals surface area contributed by atoms with Gasteiger partial charge in [-0.15, -0.1) is 0 Å². The lowest BCUT2D eigenvalue weighted by atomic mass is 10.2. The fourth-order valence-electron chi connectivity index (χ4n) is 1.44. The summed E-state index contributed by atoms with van der Waals surface area (Å²) in [6.07, 6.45) is 0. The molecule has 2 aromatic rings. The van der Waals surface area contributed by atoms with Gasteiger partial charge in [0.2, 0.25) is 0 Å². The smallest absolute Gasteiger partial charge is 0.340 e. The summed E-state index contributed by atoms with van der Waals surface area (Å²) >= 11 is 6.49. The van der Waals surface area contributed by atoms with E-state index in [2.05, 4.69) is 31.9 Å². The van der Waals surface area contributed by atoms with Crippen LogP contribution in [0.2, 0.25) is 0 Å². The molecular formula is C13H10Br2O3S. The number of hydrogen-bond acceptors (Lipinski definition) is 3. The van der Waals surface area contributed by atoms with E-state index in [0.717, 1.165) is 10.0 Å². The highest BCUT2D eigenvalue weighted by atomic mass is 79.9. The first-order valence-corrected chi connectivity index (χ1v) is 8.34. The Labute approximate surface area is 129 Å². The molecule has 0 aliphatic rings. The Bertz CT molecular complexity index is 694. The Hall–Kier alpha value is -0.850. The molecule has 3 nitrogen and oxygen atoms in total. The first kappa shape index (κ1) is 14.6. The zero-order valence-electron chi connectivity index (χ0n) is 9.93. The highest BCUT2D eigenvalue weighted by Gasteiger charge is 2.20. The Morgan fingerprint density at radius 3 is 2.21 bits per heavy atom. The Balaban J connectivity index is 2.35. The van der Waals surface area contributed by atoms with Gasteiger partial charge in [0.1, 0.15) is 10.6 Å². The predicted molar refractivity (Wildman–Crippen MR) is 80.8 cm³/mol. The lowest BCUT2D eigenvalue weighted by Crippen LogP contribution is -2.10. The van der Waals surface area contributed by atoms with Gasteiger partial charge in [-0.1, -0.05) is 33.6 Å². The van der Waals surface area contributed by atoms with Crippen LogP contribution in [0.25, 0.3) is 0 Å². The first-order chi connectivity index (χ1) is 8.88. The Morgan fingerprint density at radius 2 is 1.63 bits per heavy atom. The third kappa shape index (κ3) is 3.58. The van der Waals surface area contributed by atoms with Gasteiger partial charge in [-0.25, -0.2) is 0 Å². The second kappa shape index (κ2) is 5.64. The standard InChI is InChI=1S/C13H10Br2O3S/c1-9-2-5-11(6-3-9)18-19(16,17)13-7-4-10(14)8-12(13)15/h2-8H,1H3. The van der Waals surface area contributed by atoms with E-state index in [9.17, 15) is 8.42 Å². The molecule has 0 saturated carbocycles. The molecule has 100 valence electrons. The van der Waals surface area contributed by atoms with Crippen molar-refractivity contribution in [2.45, 2.75) is 11.8 Å². The van der Waals surface area contributed by atoms with Crippen LogP contribution in [0.15, 0.2) is 56.3 Å². The van der Waals surface area contributed by atoms with E-state index in [4.69, 9.17) is 4.18 Å². The van der Waals surface area contributed by atoms with Crippen LogP contribution in [0.1, 0.15) is 5.56 Å². The van der Waals surface area contributed by atoms with Crippen LogP contribution < -0.4 is 4.18 Å². The van der Waals surface area contributed by atoms with E-state index < -0.39 is 10.1 Å². The SMILES string of the molecule is Cc1ccc(OS(=O)(=O)c2ccc(Br)cc2Br)cc1. The fraction of sp³-hybridized carbons (Fsp3) is 0.0769. The number of rotatable bonds is 3. The summed E-state index contributed by atoms with van der Waals surface area (Å²) < 4.78 is 30.6. The Kier molecular flexibility index (Phi) is 4.32. The van der Waals surface area contributed by atoms with E-state index in [1.807, 2.05) is 6.92 Å². The van der Waals surface area contributed by atoms with Crippen molar-refractivity contribution in [3.63, 3.8) is 0 Å². The van der Waals surface area contributed by atoms with E-state index in [1.165, 1.54) is 6.07 Å². The number of hydrogen-bond donors (Lipinski definition) is 0. The maximum absolute atomic E-state index is 12.2. The number of halogens is 2. The van der Waals surface area contributed by atoms with Crippen LogP contribution in [0.4, 0.5) is 0 Å². The monoisotopic (exact) mass is 404 g/mol. The van der Waals surface area contributed by atoms with Gasteiger partial charge in [0.15, 0.2) is 0 Å². The zero-order chi connectivity index (χ0) is 14.0. The average Bonchev–Trinajstić information content (AvgIpc) is 2.31. The van der Waals surface area contributed by atoms with E-state index >= 15 is 0 Å². The highest BCUT2D eigenvalue weighted by Crippen LogP contribution is 2.28. The molecule has 6 heteroatoms. The summed E-state index contributed by atoms with van der Waals surface area (Å²) in [5.41, 5.74) is 1.04. The molecule has 2 rings (SSSR count). The van der Waals surface area contributed by atoms with Crippen molar-refractivity contribution in [3.05, 3.63) is 57.0 Å². The third-order valence-corrected chi connectivity index (χ3v) is 5.11. The van der Waals surface area contributed by atoms with E-state index in [1.54, 1.807) is 36.4 Å². The summed E-state index contributed by atoms with van der Waals surface area (Å²) in [5, 5.41) is 0. The van der Waals surface area contributed by atoms with Gasteiger partial charge in [0.25, 0.3) is 0 Å². The van der Waals surface area contributed by atoms with Crippen LogP contribution in [0.5, 0.6) is 5.75 Å². The minimum absolute atomic E-state index is 0.0938. The topological polar surface area (TPSA) is 43.4 Å². The molecule has 0 amide bonds. The predicted octanol–water partition coefficient (Wildman–Crippen LogP) is 4.29. The van der Waals surface area contributed by atoms with Crippen molar-refractivity contribution in [2.75, 3.05) is 0 Å². The summed E-state index contributed by atoms with van der Waals surface area (Å²) in [5.74, 6) is 0.292. The first-order valence-electron chi connectivity index (χ1n) is 5.35. The average molecular weight is 406 g/mol. The molecule has 0 bridgehead atoms. The normalized spacial score (nSPS) is 11.3. The van der Waals surface area contributed by atoms with Crippen molar-refractivity contribution in [1.29, 1.82) is 0 Å². The molecule has 0 saturated heterocycles. The molecule has 19 heavy (non-hydrogen) atoms. The van der Waals surface area contributed by atoms with Crippen LogP contribution >= 0.6 is 31.9 Å². The molecule has 0 N–H and O–H groups in total. The minimum Gasteiger partial charge on any atom is -0.379 e. The number of benzene rings is 2. The largest absolute Gasteiger partial charge is 0.379 e. The maximum Gasteiger partial charge on any atom is 0.340 e.